The molecular formula is C49H100NO7P. The number of phosphoric acid groups is 1. The van der Waals surface area contributed by atoms with Crippen molar-refractivity contribution in [2.24, 2.45) is 5.73 Å². The minimum absolute atomic E-state index is 0.0898. The van der Waals surface area contributed by atoms with E-state index in [2.05, 4.69) is 13.8 Å². The van der Waals surface area contributed by atoms with Crippen LogP contribution in [0.15, 0.2) is 0 Å². The Kier molecular flexibility index (Phi) is 47.1. The van der Waals surface area contributed by atoms with Crippen LogP contribution in [0.2, 0.25) is 0 Å². The molecule has 348 valence electrons. The molecule has 0 saturated heterocycles. The van der Waals surface area contributed by atoms with Crippen LogP contribution >= 0.6 is 7.82 Å². The van der Waals surface area contributed by atoms with Crippen molar-refractivity contribution in [3.05, 3.63) is 0 Å². The number of unbranched alkanes of at least 4 members (excludes halogenated alkanes) is 37. The number of carbonyl (C=O) groups is 1. The first kappa shape index (κ1) is 57.5. The lowest BCUT2D eigenvalue weighted by molar-refractivity contribution is -0.154. The summed E-state index contributed by atoms with van der Waals surface area (Å²) in [6.45, 7) is 5.00. The molecular weight excluding hydrogens is 746 g/mol. The van der Waals surface area contributed by atoms with E-state index in [0.29, 0.717) is 13.0 Å². The van der Waals surface area contributed by atoms with Gasteiger partial charge in [-0.05, 0) is 12.8 Å². The molecule has 58 heavy (non-hydrogen) atoms. The first-order chi connectivity index (χ1) is 28.4. The summed E-state index contributed by atoms with van der Waals surface area (Å²) in [5, 5.41) is 0. The summed E-state index contributed by atoms with van der Waals surface area (Å²) in [7, 11) is -4.27. The van der Waals surface area contributed by atoms with E-state index in [1.165, 1.54) is 218 Å². The Morgan fingerprint density at radius 2 is 0.759 bits per heavy atom. The summed E-state index contributed by atoms with van der Waals surface area (Å²) in [5.41, 5.74) is 5.39. The second-order valence-corrected chi connectivity index (χ2v) is 18.9. The molecule has 2 unspecified atom stereocenters. The second kappa shape index (κ2) is 47.5. The fourth-order valence-electron chi connectivity index (χ4n) is 7.77. The van der Waals surface area contributed by atoms with Crippen molar-refractivity contribution in [3.63, 3.8) is 0 Å². The summed E-state index contributed by atoms with van der Waals surface area (Å²) in [5.74, 6) is -0.322. The Hall–Kier alpha value is -0.500. The number of nitrogens with two attached hydrogens (primary N) is 1. The third kappa shape index (κ3) is 46.6. The fourth-order valence-corrected chi connectivity index (χ4v) is 8.53. The fraction of sp³-hybridized carbons (Fsp3) is 0.980. The molecule has 2 atom stereocenters. The van der Waals surface area contributed by atoms with Crippen LogP contribution in [0.25, 0.3) is 0 Å². The van der Waals surface area contributed by atoms with Gasteiger partial charge in [-0.25, -0.2) is 4.57 Å². The van der Waals surface area contributed by atoms with Gasteiger partial charge in [0.25, 0.3) is 0 Å². The zero-order valence-corrected chi connectivity index (χ0v) is 39.7. The predicted octanol–water partition coefficient (Wildman–Crippen LogP) is 15.7. The zero-order chi connectivity index (χ0) is 42.3. The van der Waals surface area contributed by atoms with Crippen LogP contribution < -0.4 is 5.73 Å². The van der Waals surface area contributed by atoms with Crippen LogP contribution in [0.3, 0.4) is 0 Å². The van der Waals surface area contributed by atoms with Gasteiger partial charge in [0.05, 0.1) is 19.8 Å². The predicted molar refractivity (Wildman–Crippen MR) is 248 cm³/mol. The minimum atomic E-state index is -4.27. The summed E-state index contributed by atoms with van der Waals surface area (Å²) in [4.78, 5) is 22.5. The molecule has 0 aromatic carbocycles. The van der Waals surface area contributed by atoms with Gasteiger partial charge in [-0.15, -0.1) is 0 Å². The van der Waals surface area contributed by atoms with Crippen LogP contribution in [-0.4, -0.2) is 49.9 Å². The van der Waals surface area contributed by atoms with E-state index < -0.39 is 13.9 Å². The molecule has 0 aromatic heterocycles. The van der Waals surface area contributed by atoms with Crippen LogP contribution in [0.4, 0.5) is 0 Å². The van der Waals surface area contributed by atoms with Crippen molar-refractivity contribution in [1.29, 1.82) is 0 Å². The van der Waals surface area contributed by atoms with E-state index in [9.17, 15) is 14.3 Å². The Bertz CT molecular complexity index is 863. The quantitative estimate of drug-likeness (QED) is 0.0353. The SMILES string of the molecule is CCCCCCCCCCCCCCCCCCCCCCCCCCOCC(COP(=O)(O)OCCN)OC(=O)CCCCCCCCCCCCCCCCC. The molecule has 0 heterocycles. The highest BCUT2D eigenvalue weighted by Crippen LogP contribution is 2.43. The van der Waals surface area contributed by atoms with Crippen molar-refractivity contribution < 1.29 is 32.8 Å². The molecule has 0 rings (SSSR count). The van der Waals surface area contributed by atoms with Crippen molar-refractivity contribution in [3.8, 4) is 0 Å². The van der Waals surface area contributed by atoms with E-state index in [1.807, 2.05) is 0 Å². The van der Waals surface area contributed by atoms with E-state index in [-0.39, 0.29) is 32.3 Å². The molecule has 9 heteroatoms. The second-order valence-electron chi connectivity index (χ2n) is 17.4. The maximum atomic E-state index is 12.6. The third-order valence-corrected chi connectivity index (χ3v) is 12.5. The number of rotatable bonds is 50. The van der Waals surface area contributed by atoms with Crippen LogP contribution in [0.5, 0.6) is 0 Å². The lowest BCUT2D eigenvalue weighted by Gasteiger charge is -2.20. The normalized spacial score (nSPS) is 13.2. The molecule has 8 nitrogen and oxygen atoms in total. The average Bonchev–Trinajstić information content (AvgIpc) is 3.21. The van der Waals surface area contributed by atoms with Gasteiger partial charge >= 0.3 is 13.8 Å². The highest BCUT2D eigenvalue weighted by Gasteiger charge is 2.25. The number of hydrogen-bond donors (Lipinski definition) is 2. The van der Waals surface area contributed by atoms with Gasteiger partial charge in [0, 0.05) is 19.6 Å². The van der Waals surface area contributed by atoms with E-state index in [1.54, 1.807) is 0 Å². The number of carbonyl (C=O) groups excluding carboxylic acids is 1. The molecule has 0 amide bonds. The zero-order valence-electron chi connectivity index (χ0n) is 38.8. The molecule has 0 aliphatic carbocycles. The number of phosphoric ester groups is 1. The van der Waals surface area contributed by atoms with Gasteiger partial charge in [0.1, 0.15) is 6.10 Å². The summed E-state index contributed by atoms with van der Waals surface area (Å²) >= 11 is 0. The molecule has 0 aromatic rings. The Morgan fingerprint density at radius 1 is 0.448 bits per heavy atom. The summed E-state index contributed by atoms with van der Waals surface area (Å²) in [6.07, 6.45) is 51.4. The third-order valence-electron chi connectivity index (χ3n) is 11.5. The van der Waals surface area contributed by atoms with Crippen molar-refractivity contribution in [1.82, 2.24) is 0 Å². The van der Waals surface area contributed by atoms with Crippen LogP contribution in [0.1, 0.15) is 271 Å². The van der Waals surface area contributed by atoms with Gasteiger partial charge in [0.15, 0.2) is 0 Å². The van der Waals surface area contributed by atoms with Gasteiger partial charge in [-0.3, -0.25) is 13.8 Å². The monoisotopic (exact) mass is 846 g/mol. The lowest BCUT2D eigenvalue weighted by atomic mass is 10.0. The average molecular weight is 846 g/mol. The van der Waals surface area contributed by atoms with E-state index >= 15 is 0 Å². The maximum Gasteiger partial charge on any atom is 0.472 e. The molecule has 0 fully saturated rings. The topological polar surface area (TPSA) is 117 Å². The molecule has 0 bridgehead atoms. The van der Waals surface area contributed by atoms with Gasteiger partial charge in [0.2, 0.25) is 0 Å². The molecule has 0 radical (unpaired) electrons. The van der Waals surface area contributed by atoms with Crippen LogP contribution in [0, 0.1) is 0 Å². The van der Waals surface area contributed by atoms with Crippen molar-refractivity contribution in [2.45, 2.75) is 277 Å². The highest BCUT2D eigenvalue weighted by molar-refractivity contribution is 7.47. The molecule has 0 aliphatic heterocycles. The molecule has 0 spiro atoms. The van der Waals surface area contributed by atoms with Crippen molar-refractivity contribution in [2.75, 3.05) is 33.0 Å². The Morgan fingerprint density at radius 3 is 1.09 bits per heavy atom. The Labute approximate surface area is 361 Å². The maximum absolute atomic E-state index is 12.6. The number of hydrogen-bond acceptors (Lipinski definition) is 7. The summed E-state index contributed by atoms with van der Waals surface area (Å²) in [6, 6.07) is 0. The van der Waals surface area contributed by atoms with Crippen molar-refractivity contribution >= 4 is 13.8 Å². The summed E-state index contributed by atoms with van der Waals surface area (Å²) < 4.78 is 33.6. The van der Waals surface area contributed by atoms with E-state index in [4.69, 9.17) is 24.3 Å². The first-order valence-electron chi connectivity index (χ1n) is 25.5. The van der Waals surface area contributed by atoms with Gasteiger partial charge in [-0.2, -0.15) is 0 Å². The van der Waals surface area contributed by atoms with Crippen LogP contribution in [-0.2, 0) is 27.9 Å². The number of ether oxygens (including phenoxy) is 2. The Balaban J connectivity index is 3.84. The lowest BCUT2D eigenvalue weighted by Crippen LogP contribution is -2.28. The van der Waals surface area contributed by atoms with Gasteiger partial charge < -0.3 is 20.1 Å². The van der Waals surface area contributed by atoms with E-state index in [0.717, 1.165) is 32.1 Å². The highest BCUT2D eigenvalue weighted by atomic mass is 31.2. The molecule has 0 saturated carbocycles. The smallest absolute Gasteiger partial charge is 0.457 e. The van der Waals surface area contributed by atoms with Gasteiger partial charge in [-0.1, -0.05) is 251 Å². The molecule has 0 aliphatic rings. The minimum Gasteiger partial charge on any atom is -0.457 e. The molecule has 3 N–H and O–H groups in total. The largest absolute Gasteiger partial charge is 0.472 e. The standard InChI is InChI=1S/C49H100NO7P/c1-3-5-7-9-11-13-15-17-19-20-21-22-23-24-25-26-27-29-31-33-35-37-39-41-44-54-46-48(47-56-58(52,53)55-45-43-50)57-49(51)42-40-38-36-34-32-30-28-18-16-14-12-10-8-6-4-2/h48H,3-47,50H2,1-2H3,(H,52,53). The number of esters is 1. The first-order valence-corrected chi connectivity index (χ1v) is 27.0.